The third kappa shape index (κ3) is 6.11. The van der Waals surface area contributed by atoms with Crippen molar-refractivity contribution >= 4 is 38.9 Å². The van der Waals surface area contributed by atoms with Crippen molar-refractivity contribution in [2.24, 2.45) is 0 Å². The summed E-state index contributed by atoms with van der Waals surface area (Å²) >= 11 is 6.29. The molecule has 4 aromatic carbocycles. The maximum Gasteiger partial charge on any atom is 0.416 e. The highest BCUT2D eigenvalue weighted by Gasteiger charge is 2.36. The Hall–Kier alpha value is -4.29. The molecule has 1 aliphatic rings. The lowest BCUT2D eigenvalue weighted by molar-refractivity contribution is -0.137. The number of hydrogen-bond donors (Lipinski definition) is 2. The van der Waals surface area contributed by atoms with Crippen LogP contribution in [-0.2, 0) is 21.8 Å². The van der Waals surface area contributed by atoms with E-state index in [0.29, 0.717) is 17.7 Å². The van der Waals surface area contributed by atoms with Gasteiger partial charge in [0.15, 0.2) is 9.84 Å². The molecule has 13 heteroatoms. The van der Waals surface area contributed by atoms with E-state index in [1.165, 1.54) is 24.3 Å². The second-order valence-corrected chi connectivity index (χ2v) is 12.2. The molecule has 0 saturated heterocycles. The first-order valence-electron chi connectivity index (χ1n) is 12.5. The first-order valence-corrected chi connectivity index (χ1v) is 14.6. The van der Waals surface area contributed by atoms with Gasteiger partial charge >= 0.3 is 6.18 Å². The van der Waals surface area contributed by atoms with Crippen LogP contribution in [-0.4, -0.2) is 20.2 Å². The fourth-order valence-corrected chi connectivity index (χ4v) is 6.76. The van der Waals surface area contributed by atoms with Crippen LogP contribution in [0.15, 0.2) is 77.7 Å². The van der Waals surface area contributed by atoms with Gasteiger partial charge in [-0.25, -0.2) is 17.2 Å². The summed E-state index contributed by atoms with van der Waals surface area (Å²) in [6, 6.07) is 12.3. The average Bonchev–Trinajstić information content (AvgIpc) is 3.25. The molecule has 43 heavy (non-hydrogen) atoms. The summed E-state index contributed by atoms with van der Waals surface area (Å²) in [5.41, 5.74) is -1.62. The number of amides is 2. The molecule has 0 bridgehead atoms. The number of fused-ring (bicyclic) bond motifs is 1. The van der Waals surface area contributed by atoms with Gasteiger partial charge in [0, 0.05) is 33.0 Å². The number of anilines is 1. The lowest BCUT2D eigenvalue weighted by Gasteiger charge is -2.19. The van der Waals surface area contributed by atoms with Gasteiger partial charge in [-0.1, -0.05) is 29.8 Å². The van der Waals surface area contributed by atoms with Crippen molar-refractivity contribution < 1.29 is 40.0 Å². The van der Waals surface area contributed by atoms with Gasteiger partial charge in [-0.3, -0.25) is 9.59 Å². The van der Waals surface area contributed by atoms with Gasteiger partial charge in [0.05, 0.1) is 22.3 Å². The normalized spacial score (nSPS) is 14.8. The maximum atomic E-state index is 14.2. The summed E-state index contributed by atoms with van der Waals surface area (Å²) in [4.78, 5) is 26.3. The van der Waals surface area contributed by atoms with Crippen LogP contribution in [0.2, 0.25) is 5.02 Å². The predicted octanol–water partition coefficient (Wildman–Crippen LogP) is 7.00. The Morgan fingerprint density at radius 3 is 2.40 bits per heavy atom. The second kappa shape index (κ2) is 11.1. The molecule has 0 fully saturated rings. The molecule has 6 nitrogen and oxygen atoms in total. The molecule has 2 amide bonds. The van der Waals surface area contributed by atoms with E-state index in [0.717, 1.165) is 12.1 Å². The number of carbonyl (C=O) groups is 2. The maximum absolute atomic E-state index is 14.2. The molecule has 1 unspecified atom stereocenters. The van der Waals surface area contributed by atoms with Crippen LogP contribution in [0.1, 0.15) is 54.6 Å². The summed E-state index contributed by atoms with van der Waals surface area (Å²) in [7, 11) is -3.97. The number of carbonyl (C=O) groups excluding carboxylic acids is 2. The molecule has 2 N–H and O–H groups in total. The van der Waals surface area contributed by atoms with Crippen LogP contribution in [0.3, 0.4) is 0 Å². The average molecular weight is 635 g/mol. The van der Waals surface area contributed by atoms with E-state index in [2.05, 4.69) is 10.6 Å². The summed E-state index contributed by atoms with van der Waals surface area (Å²) in [5.74, 6) is -4.48. The van der Waals surface area contributed by atoms with Crippen LogP contribution >= 0.6 is 11.6 Å². The molecular formula is C30H20ClF5N2O4S. The van der Waals surface area contributed by atoms with Gasteiger partial charge in [0.2, 0.25) is 0 Å². The molecule has 1 heterocycles. The molecule has 222 valence electrons. The SMILES string of the molecule is Cc1ccccc1S(=O)(=O)Cc1cc(NC(=O)c2cc(F)cc(C(F)(F)F)c2)c2c(c1)C(=O)NC2c1cc(F)ccc1Cl. The number of nitrogens with one attached hydrogen (secondary N) is 2. The van der Waals surface area contributed by atoms with E-state index < -0.39 is 62.4 Å². The van der Waals surface area contributed by atoms with Gasteiger partial charge in [-0.05, 0) is 72.6 Å². The largest absolute Gasteiger partial charge is 0.416 e. The Bertz CT molecular complexity index is 1910. The Balaban J connectivity index is 1.64. The monoisotopic (exact) mass is 634 g/mol. The second-order valence-electron chi connectivity index (χ2n) is 9.88. The lowest BCUT2D eigenvalue weighted by atomic mass is 9.94. The minimum atomic E-state index is -4.95. The first-order chi connectivity index (χ1) is 20.1. The summed E-state index contributed by atoms with van der Waals surface area (Å²) < 4.78 is 94.8. The van der Waals surface area contributed by atoms with Crippen LogP contribution in [0.4, 0.5) is 27.6 Å². The van der Waals surface area contributed by atoms with E-state index in [4.69, 9.17) is 11.6 Å². The fourth-order valence-electron chi connectivity index (χ4n) is 4.93. The van der Waals surface area contributed by atoms with E-state index in [1.54, 1.807) is 25.1 Å². The number of halogens is 6. The van der Waals surface area contributed by atoms with Crippen molar-refractivity contribution in [2.45, 2.75) is 29.8 Å². The smallest absolute Gasteiger partial charge is 0.341 e. The lowest BCUT2D eigenvalue weighted by Crippen LogP contribution is -2.21. The number of sulfone groups is 1. The molecule has 0 aliphatic carbocycles. The first kappa shape index (κ1) is 30.2. The number of benzene rings is 4. The Morgan fingerprint density at radius 1 is 0.977 bits per heavy atom. The molecule has 1 aliphatic heterocycles. The van der Waals surface area contributed by atoms with Gasteiger partial charge < -0.3 is 10.6 Å². The highest BCUT2D eigenvalue weighted by Crippen LogP contribution is 2.41. The van der Waals surface area contributed by atoms with Crippen molar-refractivity contribution in [3.8, 4) is 0 Å². The van der Waals surface area contributed by atoms with Gasteiger partial charge in [0.1, 0.15) is 11.6 Å². The summed E-state index contributed by atoms with van der Waals surface area (Å²) in [6.45, 7) is 1.61. The highest BCUT2D eigenvalue weighted by molar-refractivity contribution is 7.90. The Morgan fingerprint density at radius 2 is 1.70 bits per heavy atom. The third-order valence-corrected chi connectivity index (χ3v) is 9.02. The number of aryl methyl sites for hydroxylation is 1. The van der Waals surface area contributed by atoms with Gasteiger partial charge in [0.25, 0.3) is 11.8 Å². The van der Waals surface area contributed by atoms with Crippen LogP contribution in [0, 0.1) is 18.6 Å². The molecule has 0 spiro atoms. The molecule has 0 radical (unpaired) electrons. The number of rotatable bonds is 6. The molecule has 0 saturated carbocycles. The van der Waals surface area contributed by atoms with Crippen molar-refractivity contribution in [3.63, 3.8) is 0 Å². The van der Waals surface area contributed by atoms with Crippen molar-refractivity contribution in [1.29, 1.82) is 0 Å². The van der Waals surface area contributed by atoms with Crippen LogP contribution < -0.4 is 10.6 Å². The molecule has 0 aromatic heterocycles. The van der Waals surface area contributed by atoms with Gasteiger partial charge in [-0.15, -0.1) is 0 Å². The van der Waals surface area contributed by atoms with Gasteiger partial charge in [-0.2, -0.15) is 13.2 Å². The predicted molar refractivity (Wildman–Crippen MR) is 149 cm³/mol. The fraction of sp³-hybridized carbons (Fsp3) is 0.133. The number of alkyl halides is 3. The summed E-state index contributed by atoms with van der Waals surface area (Å²) in [6.07, 6.45) is -4.95. The molecular weight excluding hydrogens is 615 g/mol. The van der Waals surface area contributed by atoms with E-state index in [-0.39, 0.29) is 43.9 Å². The standard InChI is InChI=1S/C30H20ClF5N2O4S/c1-15-4-2-3-5-25(15)43(41,42)14-16-8-22-26(27(38-29(22)40)21-13-19(32)6-7-23(21)31)24(9-16)37-28(39)17-10-18(30(34,35)36)12-20(33)11-17/h2-13,27H,14H2,1H3,(H,37,39)(H,38,40). The van der Waals surface area contributed by atoms with Crippen molar-refractivity contribution in [2.75, 3.05) is 5.32 Å². The quantitative estimate of drug-likeness (QED) is 0.223. The Kier molecular flexibility index (Phi) is 7.78. The molecule has 4 aromatic rings. The summed E-state index contributed by atoms with van der Waals surface area (Å²) in [5, 5.41) is 5.08. The highest BCUT2D eigenvalue weighted by atomic mass is 35.5. The van der Waals surface area contributed by atoms with E-state index in [1.807, 2.05) is 0 Å². The van der Waals surface area contributed by atoms with Crippen molar-refractivity contribution in [3.05, 3.63) is 128 Å². The molecule has 1 atom stereocenters. The van der Waals surface area contributed by atoms with Crippen LogP contribution in [0.25, 0.3) is 0 Å². The third-order valence-electron chi connectivity index (χ3n) is 6.84. The Labute approximate surface area is 247 Å². The number of hydrogen-bond acceptors (Lipinski definition) is 4. The molecule has 5 rings (SSSR count). The minimum absolute atomic E-state index is 0.0365. The van der Waals surface area contributed by atoms with Crippen LogP contribution in [0.5, 0.6) is 0 Å². The van der Waals surface area contributed by atoms with E-state index >= 15 is 0 Å². The van der Waals surface area contributed by atoms with Crippen molar-refractivity contribution in [1.82, 2.24) is 5.32 Å². The zero-order chi connectivity index (χ0) is 31.3. The zero-order valence-corrected chi connectivity index (χ0v) is 23.6. The zero-order valence-electron chi connectivity index (χ0n) is 22.0. The minimum Gasteiger partial charge on any atom is -0.341 e. The van der Waals surface area contributed by atoms with E-state index in [9.17, 15) is 40.0 Å². The topological polar surface area (TPSA) is 92.3 Å².